The molecule has 4 rings (SSSR count). The van der Waals surface area contributed by atoms with Gasteiger partial charge in [-0.25, -0.2) is 8.42 Å². The largest absolute Gasteiger partial charge is 0.497 e. The SMILES string of the molecule is COc1ccc2c(c1)-c1ccccc1S(=O)(=O)N2CC(=O)NC1CCCCC1. The Bertz CT molecular complexity index is 997. The van der Waals surface area contributed by atoms with Crippen molar-refractivity contribution < 1.29 is 17.9 Å². The van der Waals surface area contributed by atoms with E-state index in [2.05, 4.69) is 5.32 Å². The highest BCUT2D eigenvalue weighted by Gasteiger charge is 2.36. The first-order valence-electron chi connectivity index (χ1n) is 9.60. The maximum absolute atomic E-state index is 13.3. The fourth-order valence-corrected chi connectivity index (χ4v) is 5.71. The van der Waals surface area contributed by atoms with E-state index in [0.29, 0.717) is 17.0 Å². The van der Waals surface area contributed by atoms with Crippen LogP contribution >= 0.6 is 0 Å². The van der Waals surface area contributed by atoms with Crippen molar-refractivity contribution in [2.45, 2.75) is 43.0 Å². The fraction of sp³-hybridized carbons (Fsp3) is 0.381. The lowest BCUT2D eigenvalue weighted by atomic mass is 9.95. The minimum Gasteiger partial charge on any atom is -0.497 e. The number of amides is 1. The number of sulfonamides is 1. The van der Waals surface area contributed by atoms with E-state index in [4.69, 9.17) is 4.74 Å². The van der Waals surface area contributed by atoms with Gasteiger partial charge >= 0.3 is 0 Å². The molecule has 1 heterocycles. The third kappa shape index (κ3) is 3.35. The van der Waals surface area contributed by atoms with Gasteiger partial charge in [0, 0.05) is 17.2 Å². The summed E-state index contributed by atoms with van der Waals surface area (Å²) in [6, 6.07) is 12.2. The minimum absolute atomic E-state index is 0.136. The molecule has 7 heteroatoms. The van der Waals surface area contributed by atoms with Crippen LogP contribution in [-0.2, 0) is 14.8 Å². The van der Waals surface area contributed by atoms with Crippen LogP contribution in [0.4, 0.5) is 5.69 Å². The molecule has 1 N–H and O–H groups in total. The molecule has 1 saturated carbocycles. The first kappa shape index (κ1) is 18.8. The van der Waals surface area contributed by atoms with E-state index in [-0.39, 0.29) is 23.4 Å². The summed E-state index contributed by atoms with van der Waals surface area (Å²) in [6.45, 7) is -0.230. The van der Waals surface area contributed by atoms with Crippen molar-refractivity contribution in [3.05, 3.63) is 42.5 Å². The Morgan fingerprint density at radius 1 is 1.11 bits per heavy atom. The number of nitrogens with one attached hydrogen (secondary N) is 1. The average molecular weight is 401 g/mol. The zero-order chi connectivity index (χ0) is 19.7. The number of carbonyl (C=O) groups is 1. The molecule has 0 atom stereocenters. The van der Waals surface area contributed by atoms with Gasteiger partial charge in [-0.15, -0.1) is 0 Å². The van der Waals surface area contributed by atoms with Gasteiger partial charge in [-0.3, -0.25) is 9.10 Å². The second kappa shape index (κ2) is 7.47. The number of hydrogen-bond acceptors (Lipinski definition) is 4. The summed E-state index contributed by atoms with van der Waals surface area (Å²) in [5, 5.41) is 3.01. The molecule has 1 fully saturated rings. The quantitative estimate of drug-likeness (QED) is 0.854. The lowest BCUT2D eigenvalue weighted by molar-refractivity contribution is -0.120. The summed E-state index contributed by atoms with van der Waals surface area (Å²) < 4.78 is 33.1. The molecule has 0 aromatic heterocycles. The predicted molar refractivity (Wildman–Crippen MR) is 108 cm³/mol. The van der Waals surface area contributed by atoms with Crippen molar-refractivity contribution in [3.63, 3.8) is 0 Å². The summed E-state index contributed by atoms with van der Waals surface area (Å²) in [5.74, 6) is 0.371. The molecule has 2 aliphatic rings. The van der Waals surface area contributed by atoms with E-state index in [1.165, 1.54) is 10.7 Å². The fourth-order valence-electron chi connectivity index (χ4n) is 4.06. The van der Waals surface area contributed by atoms with E-state index in [0.717, 1.165) is 31.2 Å². The lowest BCUT2D eigenvalue weighted by Crippen LogP contribution is -2.45. The Morgan fingerprint density at radius 3 is 2.61 bits per heavy atom. The standard InChI is InChI=1S/C21H24N2O4S/c1-27-16-11-12-19-18(13-16)17-9-5-6-10-20(17)28(25,26)23(19)14-21(24)22-15-7-3-2-4-8-15/h5-6,9-13,15H,2-4,7-8,14H2,1H3,(H,22,24). The lowest BCUT2D eigenvalue weighted by Gasteiger charge is -2.32. The molecule has 1 amide bonds. The maximum Gasteiger partial charge on any atom is 0.265 e. The number of methoxy groups -OCH3 is 1. The zero-order valence-corrected chi connectivity index (χ0v) is 16.7. The smallest absolute Gasteiger partial charge is 0.265 e. The number of benzene rings is 2. The van der Waals surface area contributed by atoms with E-state index >= 15 is 0 Å². The Hall–Kier alpha value is -2.54. The normalized spacial score (nSPS) is 18.1. The number of anilines is 1. The van der Waals surface area contributed by atoms with Gasteiger partial charge in [0.1, 0.15) is 12.3 Å². The van der Waals surface area contributed by atoms with Gasteiger partial charge < -0.3 is 10.1 Å². The van der Waals surface area contributed by atoms with E-state index < -0.39 is 10.0 Å². The van der Waals surface area contributed by atoms with Gasteiger partial charge in [0.2, 0.25) is 5.91 Å². The third-order valence-electron chi connectivity index (χ3n) is 5.48. The Morgan fingerprint density at radius 2 is 1.86 bits per heavy atom. The van der Waals surface area contributed by atoms with Crippen LogP contribution in [0.2, 0.25) is 0 Å². The monoisotopic (exact) mass is 400 g/mol. The van der Waals surface area contributed by atoms with Crippen molar-refractivity contribution in [2.24, 2.45) is 0 Å². The number of rotatable bonds is 4. The van der Waals surface area contributed by atoms with Crippen LogP contribution in [0.15, 0.2) is 47.4 Å². The molecule has 2 aromatic carbocycles. The van der Waals surface area contributed by atoms with Crippen molar-refractivity contribution in [2.75, 3.05) is 18.0 Å². The summed E-state index contributed by atoms with van der Waals surface area (Å²) in [4.78, 5) is 12.9. The number of hydrogen-bond donors (Lipinski definition) is 1. The predicted octanol–water partition coefficient (Wildman–Crippen LogP) is 3.32. The topological polar surface area (TPSA) is 75.7 Å². The van der Waals surface area contributed by atoms with Gasteiger partial charge in [0.05, 0.1) is 17.7 Å². The Kier molecular flexibility index (Phi) is 5.02. The van der Waals surface area contributed by atoms with Crippen molar-refractivity contribution >= 4 is 21.6 Å². The summed E-state index contributed by atoms with van der Waals surface area (Å²) >= 11 is 0. The first-order valence-corrected chi connectivity index (χ1v) is 11.0. The molecule has 1 aliphatic heterocycles. The van der Waals surface area contributed by atoms with Gasteiger partial charge in [-0.2, -0.15) is 0 Å². The molecule has 28 heavy (non-hydrogen) atoms. The first-order chi connectivity index (χ1) is 13.5. The summed E-state index contributed by atoms with van der Waals surface area (Å²) in [5.41, 5.74) is 1.87. The van der Waals surface area contributed by atoms with Crippen LogP contribution in [0.5, 0.6) is 5.75 Å². The van der Waals surface area contributed by atoms with Crippen molar-refractivity contribution in [1.82, 2.24) is 5.32 Å². The second-order valence-corrected chi connectivity index (χ2v) is 9.12. The van der Waals surface area contributed by atoms with Crippen LogP contribution in [0.3, 0.4) is 0 Å². The van der Waals surface area contributed by atoms with Crippen molar-refractivity contribution in [3.8, 4) is 16.9 Å². The van der Waals surface area contributed by atoms with E-state index in [9.17, 15) is 13.2 Å². The van der Waals surface area contributed by atoms with Crippen LogP contribution in [0, 0.1) is 0 Å². The average Bonchev–Trinajstić information content (AvgIpc) is 2.71. The van der Waals surface area contributed by atoms with Gasteiger partial charge in [0.15, 0.2) is 0 Å². The summed E-state index contributed by atoms with van der Waals surface area (Å²) in [6.07, 6.45) is 5.30. The molecular formula is C21H24N2O4S. The Balaban J connectivity index is 1.70. The van der Waals surface area contributed by atoms with E-state index in [1.54, 1.807) is 37.4 Å². The van der Waals surface area contributed by atoms with Crippen LogP contribution < -0.4 is 14.4 Å². The molecular weight excluding hydrogens is 376 g/mol. The number of fused-ring (bicyclic) bond motifs is 3. The molecule has 0 unspecified atom stereocenters. The molecule has 6 nitrogen and oxygen atoms in total. The highest BCUT2D eigenvalue weighted by atomic mass is 32.2. The third-order valence-corrected chi connectivity index (χ3v) is 7.29. The number of ether oxygens (including phenoxy) is 1. The van der Waals surface area contributed by atoms with E-state index in [1.807, 2.05) is 12.1 Å². The van der Waals surface area contributed by atoms with Crippen LogP contribution in [0.1, 0.15) is 32.1 Å². The highest BCUT2D eigenvalue weighted by Crippen LogP contribution is 2.44. The van der Waals surface area contributed by atoms with Gasteiger partial charge in [0.25, 0.3) is 10.0 Å². The van der Waals surface area contributed by atoms with Crippen LogP contribution in [0.25, 0.3) is 11.1 Å². The zero-order valence-electron chi connectivity index (χ0n) is 15.8. The molecule has 148 valence electrons. The minimum atomic E-state index is -3.82. The Labute approximate surface area is 165 Å². The van der Waals surface area contributed by atoms with Gasteiger partial charge in [-0.1, -0.05) is 37.5 Å². The van der Waals surface area contributed by atoms with Gasteiger partial charge in [-0.05, 0) is 37.1 Å². The summed E-state index contributed by atoms with van der Waals surface area (Å²) in [7, 11) is -2.25. The molecule has 0 bridgehead atoms. The molecule has 0 spiro atoms. The van der Waals surface area contributed by atoms with Crippen molar-refractivity contribution in [1.29, 1.82) is 0 Å². The molecule has 0 saturated heterocycles. The molecule has 2 aromatic rings. The maximum atomic E-state index is 13.3. The number of carbonyl (C=O) groups excluding carboxylic acids is 1. The highest BCUT2D eigenvalue weighted by molar-refractivity contribution is 7.93. The second-order valence-electron chi connectivity index (χ2n) is 7.29. The molecule has 0 radical (unpaired) electrons. The number of nitrogens with zero attached hydrogens (tertiary/aromatic N) is 1. The molecule has 1 aliphatic carbocycles. The van der Waals surface area contributed by atoms with Crippen LogP contribution in [-0.4, -0.2) is 34.0 Å².